The predicted octanol–water partition coefficient (Wildman–Crippen LogP) is 3.75. The first-order valence-corrected chi connectivity index (χ1v) is 7.05. The van der Waals surface area contributed by atoms with Crippen molar-refractivity contribution in [1.82, 2.24) is 4.98 Å². The van der Waals surface area contributed by atoms with E-state index in [0.29, 0.717) is 22.3 Å². The van der Waals surface area contributed by atoms with Gasteiger partial charge in [-0.25, -0.2) is 4.98 Å². The second-order valence-corrected chi connectivity index (χ2v) is 5.63. The molecular formula is C13H14ClN3OS. The second-order valence-electron chi connectivity index (χ2n) is 4.40. The average Bonchev–Trinajstić information content (AvgIpc) is 2.81. The van der Waals surface area contributed by atoms with Crippen molar-refractivity contribution in [3.63, 3.8) is 0 Å². The number of carbonyl (C=O) groups is 1. The minimum Gasteiger partial charge on any atom is -0.398 e. The van der Waals surface area contributed by atoms with Gasteiger partial charge in [-0.05, 0) is 18.1 Å². The number of nitrogens with two attached hydrogens (primary N) is 1. The van der Waals surface area contributed by atoms with Gasteiger partial charge in [0.15, 0.2) is 5.13 Å². The minimum atomic E-state index is -0.304. The fourth-order valence-corrected chi connectivity index (χ4v) is 2.58. The van der Waals surface area contributed by atoms with Gasteiger partial charge < -0.3 is 5.73 Å². The van der Waals surface area contributed by atoms with Gasteiger partial charge in [0, 0.05) is 5.38 Å². The lowest BCUT2D eigenvalue weighted by atomic mass is 10.2. The zero-order valence-electron chi connectivity index (χ0n) is 10.6. The summed E-state index contributed by atoms with van der Waals surface area (Å²) in [6, 6.07) is 4.97. The van der Waals surface area contributed by atoms with Crippen LogP contribution in [-0.4, -0.2) is 10.9 Å². The Morgan fingerprint density at radius 3 is 2.84 bits per heavy atom. The van der Waals surface area contributed by atoms with Crippen molar-refractivity contribution in [3.8, 4) is 0 Å². The van der Waals surface area contributed by atoms with Crippen LogP contribution in [-0.2, 0) is 0 Å². The first kappa shape index (κ1) is 13.8. The van der Waals surface area contributed by atoms with Crippen molar-refractivity contribution in [2.75, 3.05) is 11.1 Å². The topological polar surface area (TPSA) is 68.0 Å². The largest absolute Gasteiger partial charge is 0.398 e. The quantitative estimate of drug-likeness (QED) is 0.847. The maximum absolute atomic E-state index is 12.1. The first-order chi connectivity index (χ1) is 8.99. The number of hydrogen-bond acceptors (Lipinski definition) is 4. The normalized spacial score (nSPS) is 10.7. The van der Waals surface area contributed by atoms with E-state index in [1.165, 1.54) is 11.3 Å². The molecule has 1 heterocycles. The van der Waals surface area contributed by atoms with E-state index in [9.17, 15) is 4.79 Å². The SMILES string of the molecule is CC(C)c1csc(NC(=O)c2cccc(N)c2Cl)n1. The summed E-state index contributed by atoms with van der Waals surface area (Å²) in [6.07, 6.45) is 0. The number of carbonyl (C=O) groups excluding carboxylic acids is 1. The number of anilines is 2. The van der Waals surface area contributed by atoms with Crippen LogP contribution in [0.5, 0.6) is 0 Å². The van der Waals surface area contributed by atoms with Crippen LogP contribution in [0.3, 0.4) is 0 Å². The zero-order valence-corrected chi connectivity index (χ0v) is 12.2. The lowest BCUT2D eigenvalue weighted by molar-refractivity contribution is 0.102. The summed E-state index contributed by atoms with van der Waals surface area (Å²) in [4.78, 5) is 16.4. The molecule has 0 fully saturated rings. The molecule has 1 aromatic heterocycles. The molecule has 0 unspecified atom stereocenters. The monoisotopic (exact) mass is 295 g/mol. The maximum atomic E-state index is 12.1. The average molecular weight is 296 g/mol. The molecule has 4 nitrogen and oxygen atoms in total. The molecule has 0 spiro atoms. The van der Waals surface area contributed by atoms with Crippen molar-refractivity contribution >= 4 is 39.7 Å². The summed E-state index contributed by atoms with van der Waals surface area (Å²) in [5.41, 5.74) is 7.36. The molecule has 0 saturated carbocycles. The van der Waals surface area contributed by atoms with E-state index in [1.54, 1.807) is 18.2 Å². The first-order valence-electron chi connectivity index (χ1n) is 5.79. The molecule has 2 aromatic rings. The molecule has 3 N–H and O–H groups in total. The zero-order chi connectivity index (χ0) is 14.0. The van der Waals surface area contributed by atoms with E-state index in [4.69, 9.17) is 17.3 Å². The highest BCUT2D eigenvalue weighted by molar-refractivity contribution is 7.14. The number of amides is 1. The minimum absolute atomic E-state index is 0.264. The highest BCUT2D eigenvalue weighted by Crippen LogP contribution is 2.25. The van der Waals surface area contributed by atoms with Crippen LogP contribution >= 0.6 is 22.9 Å². The van der Waals surface area contributed by atoms with Crippen molar-refractivity contribution < 1.29 is 4.79 Å². The molecule has 2 rings (SSSR count). The Morgan fingerprint density at radius 1 is 1.47 bits per heavy atom. The number of nitrogens with zero attached hydrogens (tertiary/aromatic N) is 1. The van der Waals surface area contributed by atoms with Crippen LogP contribution in [0.1, 0.15) is 35.8 Å². The lowest BCUT2D eigenvalue weighted by Crippen LogP contribution is -2.13. The fourth-order valence-electron chi connectivity index (χ4n) is 1.50. The third-order valence-corrected chi connectivity index (χ3v) is 3.80. The Kier molecular flexibility index (Phi) is 4.07. The third-order valence-electron chi connectivity index (χ3n) is 2.61. The van der Waals surface area contributed by atoms with Crippen LogP contribution in [0, 0.1) is 0 Å². The molecule has 100 valence electrons. The number of rotatable bonds is 3. The molecule has 6 heteroatoms. The van der Waals surface area contributed by atoms with E-state index in [1.807, 2.05) is 5.38 Å². The summed E-state index contributed by atoms with van der Waals surface area (Å²) in [7, 11) is 0. The van der Waals surface area contributed by atoms with Crippen molar-refractivity contribution in [2.24, 2.45) is 0 Å². The van der Waals surface area contributed by atoms with Crippen LogP contribution in [0.2, 0.25) is 5.02 Å². The number of halogens is 1. The molecule has 0 aliphatic heterocycles. The van der Waals surface area contributed by atoms with E-state index < -0.39 is 0 Å². The summed E-state index contributed by atoms with van der Waals surface area (Å²) < 4.78 is 0. The molecule has 0 bridgehead atoms. The van der Waals surface area contributed by atoms with Gasteiger partial charge in [-0.2, -0.15) is 0 Å². The van der Waals surface area contributed by atoms with Gasteiger partial charge in [0.1, 0.15) is 0 Å². The van der Waals surface area contributed by atoms with Gasteiger partial charge in [-0.3, -0.25) is 10.1 Å². The van der Waals surface area contributed by atoms with Gasteiger partial charge in [0.05, 0.1) is 22.0 Å². The molecule has 0 atom stereocenters. The standard InChI is InChI=1S/C13H14ClN3OS/c1-7(2)10-6-19-13(16-10)17-12(18)8-4-3-5-9(15)11(8)14/h3-7H,15H2,1-2H3,(H,16,17,18). The van der Waals surface area contributed by atoms with E-state index in [0.717, 1.165) is 5.69 Å². The number of nitrogens with one attached hydrogen (secondary N) is 1. The number of nitrogen functional groups attached to an aromatic ring is 1. The number of thiazole rings is 1. The maximum Gasteiger partial charge on any atom is 0.259 e. The third kappa shape index (κ3) is 3.05. The Hall–Kier alpha value is -1.59. The van der Waals surface area contributed by atoms with Gasteiger partial charge >= 0.3 is 0 Å². The number of aromatic nitrogens is 1. The lowest BCUT2D eigenvalue weighted by Gasteiger charge is -2.06. The Morgan fingerprint density at radius 2 is 2.21 bits per heavy atom. The van der Waals surface area contributed by atoms with Crippen LogP contribution < -0.4 is 11.1 Å². The van der Waals surface area contributed by atoms with Gasteiger partial charge in [-0.1, -0.05) is 31.5 Å². The van der Waals surface area contributed by atoms with Gasteiger partial charge in [0.25, 0.3) is 5.91 Å². The summed E-state index contributed by atoms with van der Waals surface area (Å²) in [5, 5.41) is 5.49. The molecular weight excluding hydrogens is 282 g/mol. The van der Waals surface area contributed by atoms with Crippen molar-refractivity contribution in [2.45, 2.75) is 19.8 Å². The van der Waals surface area contributed by atoms with E-state index >= 15 is 0 Å². The Bertz CT molecular complexity index is 610. The van der Waals surface area contributed by atoms with E-state index in [2.05, 4.69) is 24.1 Å². The van der Waals surface area contributed by atoms with E-state index in [-0.39, 0.29) is 10.9 Å². The molecule has 0 aliphatic carbocycles. The number of benzene rings is 1. The van der Waals surface area contributed by atoms with Crippen LogP contribution in [0.4, 0.5) is 10.8 Å². The second kappa shape index (κ2) is 5.59. The summed E-state index contributed by atoms with van der Waals surface area (Å²) in [5.74, 6) is 0.0276. The summed E-state index contributed by atoms with van der Waals surface area (Å²) >= 11 is 7.40. The molecule has 1 amide bonds. The molecule has 0 aliphatic rings. The number of hydrogen-bond donors (Lipinski definition) is 2. The van der Waals surface area contributed by atoms with Crippen molar-refractivity contribution in [1.29, 1.82) is 0 Å². The van der Waals surface area contributed by atoms with Gasteiger partial charge in [0.2, 0.25) is 0 Å². The summed E-state index contributed by atoms with van der Waals surface area (Å²) in [6.45, 7) is 4.10. The van der Waals surface area contributed by atoms with Crippen LogP contribution in [0.25, 0.3) is 0 Å². The Balaban J connectivity index is 2.18. The van der Waals surface area contributed by atoms with Crippen molar-refractivity contribution in [3.05, 3.63) is 39.9 Å². The fraction of sp³-hybridized carbons (Fsp3) is 0.231. The van der Waals surface area contributed by atoms with Gasteiger partial charge in [-0.15, -0.1) is 11.3 Å². The highest BCUT2D eigenvalue weighted by Gasteiger charge is 2.14. The molecule has 0 saturated heterocycles. The Labute approximate surface area is 120 Å². The smallest absolute Gasteiger partial charge is 0.259 e. The predicted molar refractivity (Wildman–Crippen MR) is 80.0 cm³/mol. The highest BCUT2D eigenvalue weighted by atomic mass is 35.5. The molecule has 1 aromatic carbocycles. The molecule has 0 radical (unpaired) electrons. The molecule has 19 heavy (non-hydrogen) atoms. The van der Waals surface area contributed by atoms with Crippen LogP contribution in [0.15, 0.2) is 23.6 Å².